The van der Waals surface area contributed by atoms with Gasteiger partial charge >= 0.3 is 0 Å². The van der Waals surface area contributed by atoms with Crippen molar-refractivity contribution in [2.75, 3.05) is 5.32 Å². The van der Waals surface area contributed by atoms with E-state index >= 15 is 0 Å². The summed E-state index contributed by atoms with van der Waals surface area (Å²) in [7, 11) is 0. The fourth-order valence-electron chi connectivity index (χ4n) is 2.43. The van der Waals surface area contributed by atoms with Crippen molar-refractivity contribution in [2.45, 2.75) is 6.92 Å². The molecular weight excluding hydrogens is 300 g/mol. The third kappa shape index (κ3) is 3.55. The summed E-state index contributed by atoms with van der Waals surface area (Å²) in [5.41, 5.74) is 2.88. The largest absolute Gasteiger partial charge is 0.322 e. The van der Waals surface area contributed by atoms with Gasteiger partial charge in [-0.2, -0.15) is 0 Å². The van der Waals surface area contributed by atoms with Gasteiger partial charge in [-0.1, -0.05) is 36.4 Å². The highest BCUT2D eigenvalue weighted by molar-refractivity contribution is 6.04. The Kier molecular flexibility index (Phi) is 4.47. The van der Waals surface area contributed by atoms with Crippen LogP contribution in [-0.2, 0) is 4.79 Å². The van der Waals surface area contributed by atoms with Gasteiger partial charge in [-0.15, -0.1) is 0 Å². The molecule has 1 amide bonds. The fourth-order valence-corrected chi connectivity index (χ4v) is 2.43. The Morgan fingerprint density at radius 2 is 1.83 bits per heavy atom. The number of hydrogen-bond acceptors (Lipinski definition) is 3. The molecule has 1 N–H and O–H groups in total. The average Bonchev–Trinajstić information content (AvgIpc) is 2.60. The zero-order chi connectivity index (χ0) is 16.9. The molecule has 3 rings (SSSR count). The third-order valence-corrected chi connectivity index (χ3v) is 3.61. The van der Waals surface area contributed by atoms with Crippen LogP contribution >= 0.6 is 0 Å². The number of carbonyl (C=O) groups excluding carboxylic acids is 2. The number of nitrogens with zero attached hydrogens (tertiary/aromatic N) is 1. The Balaban J connectivity index is 1.78. The molecule has 1 aromatic heterocycles. The quantitative estimate of drug-likeness (QED) is 0.582. The first-order chi connectivity index (χ1) is 11.6. The maximum atomic E-state index is 12.1. The van der Waals surface area contributed by atoms with E-state index in [1.165, 1.54) is 13.0 Å². The Morgan fingerprint density at radius 3 is 2.67 bits per heavy atom. The predicted molar refractivity (Wildman–Crippen MR) is 95.9 cm³/mol. The minimum absolute atomic E-state index is 0.0385. The Morgan fingerprint density at radius 1 is 1.04 bits per heavy atom. The zero-order valence-electron chi connectivity index (χ0n) is 13.2. The van der Waals surface area contributed by atoms with E-state index in [-0.39, 0.29) is 11.7 Å². The van der Waals surface area contributed by atoms with Crippen LogP contribution in [0, 0.1) is 0 Å². The molecule has 2 aromatic carbocycles. The van der Waals surface area contributed by atoms with Crippen LogP contribution in [0.4, 0.5) is 5.69 Å². The summed E-state index contributed by atoms with van der Waals surface area (Å²) >= 11 is 0. The summed E-state index contributed by atoms with van der Waals surface area (Å²) < 4.78 is 0. The number of pyridine rings is 1. The van der Waals surface area contributed by atoms with Crippen LogP contribution in [0.5, 0.6) is 0 Å². The first-order valence-electron chi connectivity index (χ1n) is 7.57. The molecule has 4 nitrogen and oxygen atoms in total. The van der Waals surface area contributed by atoms with Crippen LogP contribution in [0.25, 0.3) is 17.0 Å². The fraction of sp³-hybridized carbons (Fsp3) is 0.0500. The first kappa shape index (κ1) is 15.6. The molecule has 118 valence electrons. The molecule has 0 radical (unpaired) electrons. The Hall–Kier alpha value is -3.27. The van der Waals surface area contributed by atoms with Crippen molar-refractivity contribution in [1.82, 2.24) is 4.98 Å². The van der Waals surface area contributed by atoms with Crippen LogP contribution < -0.4 is 5.32 Å². The molecule has 0 aliphatic carbocycles. The number of carbonyl (C=O) groups is 2. The number of hydrogen-bond donors (Lipinski definition) is 1. The van der Waals surface area contributed by atoms with Crippen molar-refractivity contribution in [3.63, 3.8) is 0 Å². The molecule has 1 heterocycles. The number of rotatable bonds is 4. The summed E-state index contributed by atoms with van der Waals surface area (Å²) in [4.78, 5) is 27.8. The third-order valence-electron chi connectivity index (χ3n) is 3.61. The Labute approximate surface area is 139 Å². The van der Waals surface area contributed by atoms with E-state index in [1.807, 2.05) is 30.3 Å². The molecule has 0 unspecified atom stereocenters. The van der Waals surface area contributed by atoms with Crippen LogP contribution in [0.3, 0.4) is 0 Å². The first-order valence-corrected chi connectivity index (χ1v) is 7.57. The normalized spacial score (nSPS) is 10.9. The van der Waals surface area contributed by atoms with Gasteiger partial charge < -0.3 is 5.32 Å². The molecule has 0 saturated heterocycles. The van der Waals surface area contributed by atoms with Crippen LogP contribution in [-0.4, -0.2) is 16.7 Å². The second kappa shape index (κ2) is 6.87. The molecular formula is C20H16N2O2. The number of Topliss-reactive ketones (excluding diaryl/α,β-unsaturated/α-hetero) is 1. The van der Waals surface area contributed by atoms with E-state index in [0.29, 0.717) is 11.3 Å². The van der Waals surface area contributed by atoms with Crippen molar-refractivity contribution < 1.29 is 9.59 Å². The highest BCUT2D eigenvalue weighted by atomic mass is 16.1. The van der Waals surface area contributed by atoms with Crippen molar-refractivity contribution in [1.29, 1.82) is 0 Å². The predicted octanol–water partition coefficient (Wildman–Crippen LogP) is 4.09. The number of amides is 1. The standard InChI is InChI=1S/C20H16N2O2/c1-14(23)17-7-3-9-18(13-17)22-19(24)11-10-16-6-2-5-15-8-4-12-21-20(15)16/h2-13H,1H3,(H,22,24)/b11-10+. The number of benzene rings is 2. The molecule has 0 saturated carbocycles. The molecule has 0 fully saturated rings. The molecule has 0 bridgehead atoms. The SMILES string of the molecule is CC(=O)c1cccc(NC(=O)/C=C/c2cccc3cccnc23)c1. The number of nitrogens with one attached hydrogen (secondary N) is 1. The number of aromatic nitrogens is 1. The van der Waals surface area contributed by atoms with E-state index in [4.69, 9.17) is 0 Å². The lowest BCUT2D eigenvalue weighted by Crippen LogP contribution is -2.08. The van der Waals surface area contributed by atoms with Gasteiger partial charge in [-0.3, -0.25) is 14.6 Å². The van der Waals surface area contributed by atoms with Gasteiger partial charge in [0.1, 0.15) is 0 Å². The van der Waals surface area contributed by atoms with E-state index in [0.717, 1.165) is 16.5 Å². The summed E-state index contributed by atoms with van der Waals surface area (Å²) in [5.74, 6) is -0.299. The molecule has 0 aliphatic heterocycles. The summed E-state index contributed by atoms with van der Waals surface area (Å²) in [6.45, 7) is 1.49. The highest BCUT2D eigenvalue weighted by Crippen LogP contribution is 2.17. The average molecular weight is 316 g/mol. The van der Waals surface area contributed by atoms with E-state index in [1.54, 1.807) is 36.5 Å². The topological polar surface area (TPSA) is 59.1 Å². The van der Waals surface area contributed by atoms with Crippen molar-refractivity contribution in [3.8, 4) is 0 Å². The number of anilines is 1. The minimum Gasteiger partial charge on any atom is -0.322 e. The van der Waals surface area contributed by atoms with Gasteiger partial charge in [0.15, 0.2) is 5.78 Å². The smallest absolute Gasteiger partial charge is 0.248 e. The summed E-state index contributed by atoms with van der Waals surface area (Å²) in [5, 5.41) is 3.78. The van der Waals surface area contributed by atoms with Gasteiger partial charge in [0.2, 0.25) is 5.91 Å². The molecule has 4 heteroatoms. The van der Waals surface area contributed by atoms with E-state index in [2.05, 4.69) is 10.3 Å². The highest BCUT2D eigenvalue weighted by Gasteiger charge is 2.03. The van der Waals surface area contributed by atoms with Crippen molar-refractivity contribution in [3.05, 3.63) is 78.0 Å². The lowest BCUT2D eigenvalue weighted by molar-refractivity contribution is -0.111. The second-order valence-corrected chi connectivity index (χ2v) is 5.38. The van der Waals surface area contributed by atoms with Gasteiger partial charge in [0.25, 0.3) is 0 Å². The molecule has 0 aliphatic rings. The van der Waals surface area contributed by atoms with Crippen LogP contribution in [0.2, 0.25) is 0 Å². The lowest BCUT2D eigenvalue weighted by Gasteiger charge is -2.04. The minimum atomic E-state index is -0.261. The Bertz CT molecular complexity index is 940. The van der Waals surface area contributed by atoms with Gasteiger partial charge in [-0.25, -0.2) is 0 Å². The van der Waals surface area contributed by atoms with Gasteiger partial charge in [-0.05, 0) is 31.2 Å². The number of ketones is 1. The van der Waals surface area contributed by atoms with Gasteiger partial charge in [0.05, 0.1) is 5.52 Å². The van der Waals surface area contributed by atoms with Crippen molar-refractivity contribution >= 4 is 34.4 Å². The van der Waals surface area contributed by atoms with Crippen LogP contribution in [0.15, 0.2) is 66.9 Å². The maximum Gasteiger partial charge on any atom is 0.248 e. The molecule has 0 atom stereocenters. The monoisotopic (exact) mass is 316 g/mol. The molecule has 0 spiro atoms. The second-order valence-electron chi connectivity index (χ2n) is 5.38. The summed E-state index contributed by atoms with van der Waals surface area (Å²) in [6, 6.07) is 16.5. The zero-order valence-corrected chi connectivity index (χ0v) is 13.2. The maximum absolute atomic E-state index is 12.1. The molecule has 3 aromatic rings. The van der Waals surface area contributed by atoms with Crippen LogP contribution in [0.1, 0.15) is 22.8 Å². The lowest BCUT2D eigenvalue weighted by atomic mass is 10.1. The van der Waals surface area contributed by atoms with Gasteiger partial charge in [0, 0.05) is 34.5 Å². The molecule has 24 heavy (non-hydrogen) atoms. The van der Waals surface area contributed by atoms with E-state index < -0.39 is 0 Å². The van der Waals surface area contributed by atoms with E-state index in [9.17, 15) is 9.59 Å². The number of para-hydroxylation sites is 1. The number of fused-ring (bicyclic) bond motifs is 1. The summed E-state index contributed by atoms with van der Waals surface area (Å²) in [6.07, 6.45) is 4.93. The van der Waals surface area contributed by atoms with Crippen molar-refractivity contribution in [2.24, 2.45) is 0 Å².